The lowest BCUT2D eigenvalue weighted by Crippen LogP contribution is -2.44. The molecule has 0 fully saturated rings. The molecule has 2 N–H and O–H groups in total. The molecule has 0 aliphatic heterocycles. The number of alkyl carbamates (subject to hydrolysis) is 1. The maximum atomic E-state index is 12.7. The number of methoxy groups -OCH3 is 1. The smallest absolute Gasteiger partial charge is 0.407 e. The Balaban J connectivity index is 1.98. The van der Waals surface area contributed by atoms with E-state index in [9.17, 15) is 9.59 Å². The Labute approximate surface area is 184 Å². The summed E-state index contributed by atoms with van der Waals surface area (Å²) < 4.78 is 16.2. The first kappa shape index (κ1) is 24.1. The fourth-order valence-electron chi connectivity index (χ4n) is 3.08. The van der Waals surface area contributed by atoms with Gasteiger partial charge in [0.1, 0.15) is 6.61 Å². The van der Waals surface area contributed by atoms with E-state index in [2.05, 4.69) is 24.5 Å². The van der Waals surface area contributed by atoms with Gasteiger partial charge in [-0.25, -0.2) is 4.79 Å². The molecule has 0 aromatic heterocycles. The number of benzene rings is 2. The maximum absolute atomic E-state index is 12.7. The standard InChI is InChI=1S/C24H32N2O5/c1-5-30-24(28)26-20(13-17(2)3)15-25-23(27)19-11-12-21(22(14-19)29-4)31-16-18-9-7-6-8-10-18/h6-12,14,17,20H,5,13,15-16H2,1-4H3,(H,25,27)(H,26,28). The van der Waals surface area contributed by atoms with E-state index in [0.29, 0.717) is 49.2 Å². The van der Waals surface area contributed by atoms with E-state index < -0.39 is 6.09 Å². The van der Waals surface area contributed by atoms with E-state index in [0.717, 1.165) is 5.56 Å². The summed E-state index contributed by atoms with van der Waals surface area (Å²) in [5, 5.41) is 5.67. The van der Waals surface area contributed by atoms with E-state index in [1.807, 2.05) is 30.3 Å². The minimum absolute atomic E-state index is 0.224. The van der Waals surface area contributed by atoms with Crippen LogP contribution in [0.1, 0.15) is 43.1 Å². The van der Waals surface area contributed by atoms with Crippen molar-refractivity contribution in [3.8, 4) is 11.5 Å². The van der Waals surface area contributed by atoms with Crippen LogP contribution in [0.2, 0.25) is 0 Å². The molecule has 2 aromatic carbocycles. The second kappa shape index (κ2) is 12.5. The molecule has 0 bridgehead atoms. The third kappa shape index (κ3) is 8.20. The number of amides is 2. The summed E-state index contributed by atoms with van der Waals surface area (Å²) in [6, 6.07) is 14.6. The van der Waals surface area contributed by atoms with Crippen LogP contribution in [0.3, 0.4) is 0 Å². The molecular weight excluding hydrogens is 396 g/mol. The zero-order chi connectivity index (χ0) is 22.6. The van der Waals surface area contributed by atoms with Crippen molar-refractivity contribution in [2.75, 3.05) is 20.3 Å². The number of rotatable bonds is 11. The predicted octanol–water partition coefficient (Wildman–Crippen LogP) is 4.16. The first-order valence-electron chi connectivity index (χ1n) is 10.5. The van der Waals surface area contributed by atoms with Crippen molar-refractivity contribution in [3.05, 3.63) is 59.7 Å². The van der Waals surface area contributed by atoms with Crippen LogP contribution in [0, 0.1) is 5.92 Å². The predicted molar refractivity (Wildman–Crippen MR) is 120 cm³/mol. The van der Waals surface area contributed by atoms with Crippen molar-refractivity contribution in [1.29, 1.82) is 0 Å². The highest BCUT2D eigenvalue weighted by Gasteiger charge is 2.17. The topological polar surface area (TPSA) is 85.9 Å². The second-order valence-corrected chi connectivity index (χ2v) is 7.54. The SMILES string of the molecule is CCOC(=O)NC(CNC(=O)c1ccc(OCc2ccccc2)c(OC)c1)CC(C)C. The monoisotopic (exact) mass is 428 g/mol. The molecule has 0 aliphatic carbocycles. The van der Waals surface area contributed by atoms with Crippen molar-refractivity contribution in [3.63, 3.8) is 0 Å². The molecule has 0 heterocycles. The molecule has 168 valence electrons. The summed E-state index contributed by atoms with van der Waals surface area (Å²) in [5.74, 6) is 1.13. The number of nitrogens with one attached hydrogen (secondary N) is 2. The van der Waals surface area contributed by atoms with Crippen molar-refractivity contribution < 1.29 is 23.8 Å². The summed E-state index contributed by atoms with van der Waals surface area (Å²) in [7, 11) is 1.54. The van der Waals surface area contributed by atoms with Crippen molar-refractivity contribution in [2.45, 2.75) is 39.8 Å². The van der Waals surface area contributed by atoms with Gasteiger partial charge in [0.15, 0.2) is 11.5 Å². The zero-order valence-electron chi connectivity index (χ0n) is 18.6. The zero-order valence-corrected chi connectivity index (χ0v) is 18.6. The van der Waals surface area contributed by atoms with E-state index in [1.54, 1.807) is 25.1 Å². The highest BCUT2D eigenvalue weighted by Crippen LogP contribution is 2.28. The average Bonchev–Trinajstić information content (AvgIpc) is 2.76. The third-order valence-corrected chi connectivity index (χ3v) is 4.53. The third-order valence-electron chi connectivity index (χ3n) is 4.53. The van der Waals surface area contributed by atoms with Crippen LogP contribution in [0.25, 0.3) is 0 Å². The summed E-state index contributed by atoms with van der Waals surface area (Å²) in [4.78, 5) is 24.4. The Morgan fingerprint density at radius 1 is 1.03 bits per heavy atom. The lowest BCUT2D eigenvalue weighted by atomic mass is 10.0. The van der Waals surface area contributed by atoms with Gasteiger partial charge in [0, 0.05) is 18.2 Å². The van der Waals surface area contributed by atoms with E-state index in [1.165, 1.54) is 7.11 Å². The van der Waals surface area contributed by atoms with Gasteiger partial charge in [-0.3, -0.25) is 4.79 Å². The fourth-order valence-corrected chi connectivity index (χ4v) is 3.08. The average molecular weight is 429 g/mol. The number of hydrogen-bond donors (Lipinski definition) is 2. The Bertz CT molecular complexity index is 839. The first-order valence-corrected chi connectivity index (χ1v) is 10.5. The molecule has 31 heavy (non-hydrogen) atoms. The minimum atomic E-state index is -0.482. The lowest BCUT2D eigenvalue weighted by molar-refractivity contribution is 0.0944. The summed E-state index contributed by atoms with van der Waals surface area (Å²) in [6.07, 6.45) is 0.235. The minimum Gasteiger partial charge on any atom is -0.493 e. The Kier molecular flexibility index (Phi) is 9.68. The number of hydrogen-bond acceptors (Lipinski definition) is 5. The molecule has 2 rings (SSSR count). The van der Waals surface area contributed by atoms with E-state index >= 15 is 0 Å². The molecular formula is C24H32N2O5. The van der Waals surface area contributed by atoms with Crippen molar-refractivity contribution in [2.24, 2.45) is 5.92 Å². The molecule has 2 aromatic rings. The number of carbonyl (C=O) groups is 2. The molecule has 0 aliphatic rings. The molecule has 2 amide bonds. The van der Waals surface area contributed by atoms with Gasteiger partial charge >= 0.3 is 6.09 Å². The fraction of sp³-hybridized carbons (Fsp3) is 0.417. The summed E-state index contributed by atoms with van der Waals surface area (Å²) >= 11 is 0. The largest absolute Gasteiger partial charge is 0.493 e. The van der Waals surface area contributed by atoms with Crippen LogP contribution in [0.4, 0.5) is 4.79 Å². The Hall–Kier alpha value is -3.22. The first-order chi connectivity index (χ1) is 14.9. The molecule has 0 saturated heterocycles. The Morgan fingerprint density at radius 2 is 1.77 bits per heavy atom. The molecule has 1 unspecified atom stereocenters. The van der Waals surface area contributed by atoms with Gasteiger partial charge in [0.2, 0.25) is 0 Å². The number of ether oxygens (including phenoxy) is 3. The van der Waals surface area contributed by atoms with Gasteiger partial charge in [-0.15, -0.1) is 0 Å². The van der Waals surface area contributed by atoms with Gasteiger partial charge < -0.3 is 24.8 Å². The van der Waals surface area contributed by atoms with Gasteiger partial charge in [0.05, 0.1) is 13.7 Å². The lowest BCUT2D eigenvalue weighted by Gasteiger charge is -2.21. The molecule has 7 nitrogen and oxygen atoms in total. The number of carbonyl (C=O) groups excluding carboxylic acids is 2. The molecule has 0 radical (unpaired) electrons. The maximum Gasteiger partial charge on any atom is 0.407 e. The summed E-state index contributed by atoms with van der Waals surface area (Å²) in [6.45, 7) is 6.86. The van der Waals surface area contributed by atoms with Gasteiger partial charge in [0.25, 0.3) is 5.91 Å². The highest BCUT2D eigenvalue weighted by atomic mass is 16.5. The van der Waals surface area contributed by atoms with Crippen LogP contribution in [-0.2, 0) is 11.3 Å². The normalized spacial score (nSPS) is 11.5. The molecule has 1 atom stereocenters. The van der Waals surface area contributed by atoms with Gasteiger partial charge in [-0.1, -0.05) is 44.2 Å². The van der Waals surface area contributed by atoms with Crippen LogP contribution in [0.15, 0.2) is 48.5 Å². The van der Waals surface area contributed by atoms with Crippen molar-refractivity contribution in [1.82, 2.24) is 10.6 Å². The quantitative estimate of drug-likeness (QED) is 0.561. The van der Waals surface area contributed by atoms with E-state index in [-0.39, 0.29) is 11.9 Å². The van der Waals surface area contributed by atoms with Crippen molar-refractivity contribution >= 4 is 12.0 Å². The Morgan fingerprint density at radius 3 is 2.42 bits per heavy atom. The van der Waals surface area contributed by atoms with Crippen LogP contribution in [0.5, 0.6) is 11.5 Å². The van der Waals surface area contributed by atoms with Crippen LogP contribution >= 0.6 is 0 Å². The van der Waals surface area contributed by atoms with Crippen LogP contribution < -0.4 is 20.1 Å². The van der Waals surface area contributed by atoms with Gasteiger partial charge in [-0.2, -0.15) is 0 Å². The van der Waals surface area contributed by atoms with E-state index in [4.69, 9.17) is 14.2 Å². The highest BCUT2D eigenvalue weighted by molar-refractivity contribution is 5.94. The molecule has 0 saturated carbocycles. The van der Waals surface area contributed by atoms with Gasteiger partial charge in [-0.05, 0) is 43.0 Å². The molecule has 0 spiro atoms. The summed E-state index contributed by atoms with van der Waals surface area (Å²) in [5.41, 5.74) is 1.49. The molecule has 7 heteroatoms. The second-order valence-electron chi connectivity index (χ2n) is 7.54. The van der Waals surface area contributed by atoms with Crippen LogP contribution in [-0.4, -0.2) is 38.3 Å².